The molecule has 1 amide bonds. The highest BCUT2D eigenvalue weighted by Crippen LogP contribution is 2.65. The first kappa shape index (κ1) is 15.0. The monoisotopic (exact) mass is 305 g/mol. The van der Waals surface area contributed by atoms with Crippen molar-refractivity contribution < 1.29 is 9.90 Å². The van der Waals surface area contributed by atoms with E-state index in [-0.39, 0.29) is 22.8 Å². The van der Waals surface area contributed by atoms with Crippen LogP contribution in [-0.4, -0.2) is 23.2 Å². The number of amides is 1. The van der Waals surface area contributed by atoms with Crippen molar-refractivity contribution in [2.75, 3.05) is 0 Å². The van der Waals surface area contributed by atoms with Gasteiger partial charge >= 0.3 is 0 Å². The number of aliphatic hydroxyl groups excluding tert-OH is 1. The molecule has 0 aromatic rings. The summed E-state index contributed by atoms with van der Waals surface area (Å²) in [5.41, 5.74) is 0.424. The molecule has 1 aliphatic heterocycles. The second-order valence-electron chi connectivity index (χ2n) is 9.27. The topological polar surface area (TPSA) is 49.3 Å². The molecule has 0 bridgehead atoms. The summed E-state index contributed by atoms with van der Waals surface area (Å²) >= 11 is 0. The number of fused-ring (bicyclic) bond motifs is 5. The Kier molecular flexibility index (Phi) is 3.21. The van der Waals surface area contributed by atoms with Crippen molar-refractivity contribution in [1.82, 2.24) is 5.32 Å². The molecule has 0 unspecified atom stereocenters. The van der Waals surface area contributed by atoms with Crippen molar-refractivity contribution in [1.29, 1.82) is 0 Å². The standard InChI is InChI=1S/C19H31NO2/c1-11-10-15(21)19(3)8-6-13-12(17(11)19)4-5-14-18(13,2)9-7-16(22)20-14/h11-15,17,21H,4-10H2,1-3H3,(H,20,22)/t11-,12-,13+,14-,15+,17+,18-,19-/m1/s1. The lowest BCUT2D eigenvalue weighted by Crippen LogP contribution is -2.61. The molecular formula is C19H31NO2. The molecule has 0 aromatic heterocycles. The van der Waals surface area contributed by atoms with Gasteiger partial charge in [0.05, 0.1) is 6.10 Å². The fourth-order valence-corrected chi connectivity index (χ4v) is 7.21. The second kappa shape index (κ2) is 4.72. The first-order valence-electron chi connectivity index (χ1n) is 9.33. The van der Waals surface area contributed by atoms with Crippen LogP contribution >= 0.6 is 0 Å². The van der Waals surface area contributed by atoms with Gasteiger partial charge in [0.15, 0.2) is 0 Å². The first-order valence-corrected chi connectivity index (χ1v) is 9.33. The van der Waals surface area contributed by atoms with Gasteiger partial charge in [-0.3, -0.25) is 4.79 Å². The van der Waals surface area contributed by atoms with Gasteiger partial charge in [0, 0.05) is 12.5 Å². The molecule has 0 aromatic carbocycles. The molecular weight excluding hydrogens is 274 g/mol. The van der Waals surface area contributed by atoms with E-state index in [0.717, 1.165) is 31.1 Å². The quantitative estimate of drug-likeness (QED) is 0.722. The Morgan fingerprint density at radius 1 is 1.14 bits per heavy atom. The van der Waals surface area contributed by atoms with Crippen LogP contribution in [0.15, 0.2) is 0 Å². The van der Waals surface area contributed by atoms with Crippen LogP contribution in [0.25, 0.3) is 0 Å². The number of nitrogens with one attached hydrogen (secondary N) is 1. The molecule has 22 heavy (non-hydrogen) atoms. The van der Waals surface area contributed by atoms with Crippen molar-refractivity contribution in [3.8, 4) is 0 Å². The maximum Gasteiger partial charge on any atom is 0.220 e. The summed E-state index contributed by atoms with van der Waals surface area (Å²) in [6, 6.07) is 0.390. The third-order valence-electron chi connectivity index (χ3n) is 8.36. The van der Waals surface area contributed by atoms with E-state index < -0.39 is 0 Å². The minimum atomic E-state index is -0.106. The minimum Gasteiger partial charge on any atom is -0.393 e. The fourth-order valence-electron chi connectivity index (χ4n) is 7.21. The number of rotatable bonds is 0. The lowest BCUT2D eigenvalue weighted by molar-refractivity contribution is -0.140. The van der Waals surface area contributed by atoms with Crippen LogP contribution in [0.5, 0.6) is 0 Å². The number of hydrogen-bond donors (Lipinski definition) is 2. The molecule has 3 aliphatic carbocycles. The van der Waals surface area contributed by atoms with Crippen molar-refractivity contribution in [2.45, 2.75) is 77.9 Å². The molecule has 4 aliphatic rings. The number of carbonyl (C=O) groups excluding carboxylic acids is 1. The third-order valence-corrected chi connectivity index (χ3v) is 8.36. The van der Waals surface area contributed by atoms with E-state index in [0.29, 0.717) is 24.3 Å². The second-order valence-corrected chi connectivity index (χ2v) is 9.27. The van der Waals surface area contributed by atoms with Crippen LogP contribution in [0.4, 0.5) is 0 Å². The van der Waals surface area contributed by atoms with Crippen molar-refractivity contribution in [3.05, 3.63) is 0 Å². The van der Waals surface area contributed by atoms with E-state index in [2.05, 4.69) is 26.1 Å². The van der Waals surface area contributed by atoms with Gasteiger partial charge in [0.2, 0.25) is 5.91 Å². The van der Waals surface area contributed by atoms with Gasteiger partial charge < -0.3 is 10.4 Å². The Morgan fingerprint density at radius 2 is 1.91 bits per heavy atom. The molecule has 124 valence electrons. The molecule has 3 nitrogen and oxygen atoms in total. The zero-order valence-electron chi connectivity index (χ0n) is 14.3. The van der Waals surface area contributed by atoms with E-state index in [1.807, 2.05) is 0 Å². The average Bonchev–Trinajstić information content (AvgIpc) is 2.70. The molecule has 1 saturated heterocycles. The first-order chi connectivity index (χ1) is 10.4. The summed E-state index contributed by atoms with van der Waals surface area (Å²) < 4.78 is 0. The Bertz CT molecular complexity index is 492. The summed E-state index contributed by atoms with van der Waals surface area (Å²) in [5.74, 6) is 3.06. The lowest BCUT2D eigenvalue weighted by Gasteiger charge is -2.60. The summed E-state index contributed by atoms with van der Waals surface area (Å²) in [6.07, 6.45) is 7.43. The molecule has 8 atom stereocenters. The summed E-state index contributed by atoms with van der Waals surface area (Å²) in [5, 5.41) is 13.9. The number of hydrogen-bond acceptors (Lipinski definition) is 2. The number of aliphatic hydroxyl groups is 1. The van der Waals surface area contributed by atoms with Crippen molar-refractivity contribution in [3.63, 3.8) is 0 Å². The zero-order valence-corrected chi connectivity index (χ0v) is 14.3. The SMILES string of the molecule is C[C@@H]1C[C@H](O)[C@@]2(C)CC[C@H]3[C@@H](CC[C@H]4NC(=O)CC[C@@]43C)[C@H]12. The molecule has 1 heterocycles. The van der Waals surface area contributed by atoms with E-state index in [9.17, 15) is 9.90 Å². The summed E-state index contributed by atoms with van der Waals surface area (Å²) in [7, 11) is 0. The van der Waals surface area contributed by atoms with Gasteiger partial charge in [0.25, 0.3) is 0 Å². The van der Waals surface area contributed by atoms with Gasteiger partial charge in [-0.15, -0.1) is 0 Å². The van der Waals surface area contributed by atoms with E-state index in [4.69, 9.17) is 0 Å². The van der Waals surface area contributed by atoms with Gasteiger partial charge in [0.1, 0.15) is 0 Å². The summed E-state index contributed by atoms with van der Waals surface area (Å²) in [4.78, 5) is 11.8. The molecule has 4 rings (SSSR count). The minimum absolute atomic E-state index is 0.106. The Labute approximate surface area is 134 Å². The number of piperidine rings is 1. The van der Waals surface area contributed by atoms with Crippen molar-refractivity contribution in [2.24, 2.45) is 34.5 Å². The maximum absolute atomic E-state index is 11.8. The number of carbonyl (C=O) groups is 1. The largest absolute Gasteiger partial charge is 0.393 e. The smallest absolute Gasteiger partial charge is 0.220 e. The van der Waals surface area contributed by atoms with Gasteiger partial charge in [-0.25, -0.2) is 0 Å². The molecule has 4 fully saturated rings. The van der Waals surface area contributed by atoms with Crippen molar-refractivity contribution >= 4 is 5.91 Å². The van der Waals surface area contributed by atoms with E-state index in [1.165, 1.54) is 19.3 Å². The van der Waals surface area contributed by atoms with Crippen LogP contribution in [0.1, 0.15) is 65.7 Å². The zero-order chi connectivity index (χ0) is 15.7. The average molecular weight is 305 g/mol. The molecule has 2 N–H and O–H groups in total. The highest BCUT2D eigenvalue weighted by atomic mass is 16.3. The highest BCUT2D eigenvalue weighted by Gasteiger charge is 2.61. The predicted octanol–water partition coefficient (Wildman–Crippen LogP) is 3.11. The van der Waals surface area contributed by atoms with Gasteiger partial charge in [-0.2, -0.15) is 0 Å². The molecule has 3 saturated carbocycles. The van der Waals surface area contributed by atoms with Crippen LogP contribution in [-0.2, 0) is 4.79 Å². The predicted molar refractivity (Wildman–Crippen MR) is 86.1 cm³/mol. The summed E-state index contributed by atoms with van der Waals surface area (Å²) in [6.45, 7) is 7.14. The van der Waals surface area contributed by atoms with E-state index >= 15 is 0 Å². The van der Waals surface area contributed by atoms with Crippen LogP contribution in [0.3, 0.4) is 0 Å². The van der Waals surface area contributed by atoms with Gasteiger partial charge in [-0.05, 0) is 73.0 Å². The van der Waals surface area contributed by atoms with Crippen LogP contribution in [0.2, 0.25) is 0 Å². The van der Waals surface area contributed by atoms with E-state index in [1.54, 1.807) is 0 Å². The van der Waals surface area contributed by atoms with Crippen LogP contribution < -0.4 is 5.32 Å². The van der Waals surface area contributed by atoms with Crippen LogP contribution in [0, 0.1) is 34.5 Å². The van der Waals surface area contributed by atoms with Gasteiger partial charge in [-0.1, -0.05) is 20.8 Å². The lowest BCUT2D eigenvalue weighted by atomic mass is 9.47. The maximum atomic E-state index is 11.8. The fraction of sp³-hybridized carbons (Fsp3) is 0.947. The molecule has 0 spiro atoms. The third kappa shape index (κ3) is 1.81. The molecule has 0 radical (unpaired) electrons. The Balaban J connectivity index is 1.66. The Hall–Kier alpha value is -0.570. The Morgan fingerprint density at radius 3 is 2.68 bits per heavy atom. The molecule has 3 heteroatoms. The normalized spacial score (nSPS) is 57.5. The highest BCUT2D eigenvalue weighted by molar-refractivity contribution is 5.77.